The van der Waals surface area contributed by atoms with Crippen LogP contribution in [0.4, 0.5) is 11.4 Å². The molecule has 3 N–H and O–H groups in total. The minimum Gasteiger partial charge on any atom is -0.484 e. The number of piperazine rings is 1. The molecule has 46 heavy (non-hydrogen) atoms. The van der Waals surface area contributed by atoms with Gasteiger partial charge in [-0.3, -0.25) is 24.2 Å². The smallest absolute Gasteiger partial charge is 0.305 e. The number of hydrogen-bond acceptors (Lipinski definition) is 8. The predicted octanol–water partition coefficient (Wildman–Crippen LogP) is 4.85. The van der Waals surface area contributed by atoms with E-state index < -0.39 is 23.8 Å². The summed E-state index contributed by atoms with van der Waals surface area (Å²) >= 11 is 1.36. The third-order valence-corrected chi connectivity index (χ3v) is 8.67. The Bertz CT molecular complexity index is 1670. The monoisotopic (exact) mass is 641 g/mol. The van der Waals surface area contributed by atoms with Gasteiger partial charge in [-0.1, -0.05) is 24.3 Å². The third kappa shape index (κ3) is 7.88. The summed E-state index contributed by atoms with van der Waals surface area (Å²) in [7, 11) is 0. The number of anilines is 2. The zero-order chi connectivity index (χ0) is 32.6. The van der Waals surface area contributed by atoms with Gasteiger partial charge in [0.05, 0.1) is 29.4 Å². The molecule has 1 aliphatic heterocycles. The summed E-state index contributed by atoms with van der Waals surface area (Å²) in [4.78, 5) is 60.1. The van der Waals surface area contributed by atoms with Crippen LogP contribution in [0.2, 0.25) is 0 Å². The number of carboxylic acids is 1. The van der Waals surface area contributed by atoms with E-state index in [4.69, 9.17) is 4.74 Å². The predicted molar refractivity (Wildman–Crippen MR) is 175 cm³/mol. The van der Waals surface area contributed by atoms with Crippen molar-refractivity contribution in [1.29, 1.82) is 0 Å². The van der Waals surface area contributed by atoms with Crippen LogP contribution in [0.3, 0.4) is 0 Å². The van der Waals surface area contributed by atoms with Crippen LogP contribution in [0, 0.1) is 0 Å². The molecule has 3 heterocycles. The van der Waals surface area contributed by atoms with Gasteiger partial charge in [0.1, 0.15) is 5.75 Å². The van der Waals surface area contributed by atoms with Crippen LogP contribution in [0.25, 0.3) is 0 Å². The Labute approximate surface area is 270 Å². The SMILES string of the molecule is CC1CN(c2ccc(C(=O)NC(CC(=O)O)c3cccs3)cc2NC(=O)COc2ccccc2)C(C)CN1C(=O)c1cccnc1. The number of amides is 3. The van der Waals surface area contributed by atoms with E-state index in [0.29, 0.717) is 35.8 Å². The second kappa shape index (κ2) is 14.7. The molecule has 0 bridgehead atoms. The normalized spacial score (nSPS) is 16.7. The van der Waals surface area contributed by atoms with Crippen molar-refractivity contribution in [3.8, 4) is 5.75 Å². The lowest BCUT2D eigenvalue weighted by atomic mass is 10.0. The van der Waals surface area contributed by atoms with Crippen LogP contribution in [0.15, 0.2) is 90.6 Å². The number of aromatic nitrogens is 1. The molecule has 1 saturated heterocycles. The minimum absolute atomic E-state index is 0.104. The number of rotatable bonds is 11. The summed E-state index contributed by atoms with van der Waals surface area (Å²) in [6.45, 7) is 4.62. The van der Waals surface area contributed by atoms with Crippen molar-refractivity contribution < 1.29 is 29.0 Å². The Hall–Kier alpha value is -5.23. The first-order chi connectivity index (χ1) is 22.2. The molecule has 2 aromatic carbocycles. The first kappa shape index (κ1) is 32.2. The molecular weight excluding hydrogens is 606 g/mol. The summed E-state index contributed by atoms with van der Waals surface area (Å²) in [6, 6.07) is 20.0. The Balaban J connectivity index is 1.39. The van der Waals surface area contributed by atoms with E-state index in [-0.39, 0.29) is 36.6 Å². The molecule has 0 aliphatic carbocycles. The van der Waals surface area contributed by atoms with Crippen LogP contribution < -0.4 is 20.3 Å². The number of carbonyl (C=O) groups excluding carboxylic acids is 3. The Morgan fingerprint density at radius 3 is 2.48 bits per heavy atom. The van der Waals surface area contributed by atoms with E-state index in [1.165, 1.54) is 11.3 Å². The highest BCUT2D eigenvalue weighted by molar-refractivity contribution is 7.10. The maximum atomic E-state index is 13.4. The number of aliphatic carboxylic acids is 1. The molecule has 1 aliphatic rings. The zero-order valence-electron chi connectivity index (χ0n) is 25.5. The highest BCUT2D eigenvalue weighted by Crippen LogP contribution is 2.33. The van der Waals surface area contributed by atoms with Gasteiger partial charge in [0.25, 0.3) is 17.7 Å². The summed E-state index contributed by atoms with van der Waals surface area (Å²) < 4.78 is 5.65. The summed E-state index contributed by atoms with van der Waals surface area (Å²) in [5, 5.41) is 17.0. The molecule has 3 unspecified atom stereocenters. The molecule has 11 nitrogen and oxygen atoms in total. The van der Waals surface area contributed by atoms with Crippen molar-refractivity contribution >= 4 is 46.4 Å². The lowest BCUT2D eigenvalue weighted by Gasteiger charge is -2.45. The largest absolute Gasteiger partial charge is 0.484 e. The first-order valence-corrected chi connectivity index (χ1v) is 15.7. The van der Waals surface area contributed by atoms with Gasteiger partial charge >= 0.3 is 5.97 Å². The molecule has 1 fully saturated rings. The molecule has 0 radical (unpaired) electrons. The van der Waals surface area contributed by atoms with Crippen molar-refractivity contribution in [3.63, 3.8) is 0 Å². The van der Waals surface area contributed by atoms with Crippen molar-refractivity contribution in [3.05, 3.63) is 107 Å². The van der Waals surface area contributed by atoms with Gasteiger partial charge in [-0.15, -0.1) is 11.3 Å². The van der Waals surface area contributed by atoms with Gasteiger partial charge in [0.2, 0.25) is 0 Å². The van der Waals surface area contributed by atoms with E-state index in [0.717, 1.165) is 4.88 Å². The second-order valence-corrected chi connectivity index (χ2v) is 12.1. The van der Waals surface area contributed by atoms with Crippen molar-refractivity contribution in [2.75, 3.05) is 29.9 Å². The number of nitrogens with one attached hydrogen (secondary N) is 2. The molecule has 4 aromatic rings. The highest BCUT2D eigenvalue weighted by Gasteiger charge is 2.34. The Morgan fingerprint density at radius 2 is 1.78 bits per heavy atom. The lowest BCUT2D eigenvalue weighted by molar-refractivity contribution is -0.137. The molecule has 3 atom stereocenters. The number of ether oxygens (including phenoxy) is 1. The van der Waals surface area contributed by atoms with Crippen LogP contribution in [0.5, 0.6) is 5.75 Å². The molecule has 0 saturated carbocycles. The van der Waals surface area contributed by atoms with E-state index in [1.54, 1.807) is 67.0 Å². The van der Waals surface area contributed by atoms with Crippen LogP contribution >= 0.6 is 11.3 Å². The number of thiophene rings is 1. The molecule has 2 aromatic heterocycles. The fourth-order valence-corrected chi connectivity index (χ4v) is 6.19. The quantitative estimate of drug-likeness (QED) is 0.211. The summed E-state index contributed by atoms with van der Waals surface area (Å²) in [5.41, 5.74) is 1.84. The number of carboxylic acid groups (broad SMARTS) is 1. The Morgan fingerprint density at radius 1 is 0.978 bits per heavy atom. The number of benzene rings is 2. The standard InChI is InChI=1S/C34H35N5O6S/c1-22-20-39(34(44)25-8-6-14-35-18-25)23(2)19-38(22)29-13-12-24(33(43)37-28(17-32(41)42)30-11-7-15-46-30)16-27(29)36-31(40)21-45-26-9-4-3-5-10-26/h3-16,18,22-23,28H,17,19-21H2,1-2H3,(H,36,40)(H,37,43)(H,41,42). The summed E-state index contributed by atoms with van der Waals surface area (Å²) in [5.74, 6) is -1.50. The van der Waals surface area contributed by atoms with E-state index >= 15 is 0 Å². The van der Waals surface area contributed by atoms with Crippen LogP contribution in [-0.4, -0.2) is 70.5 Å². The topological polar surface area (TPSA) is 141 Å². The first-order valence-electron chi connectivity index (χ1n) is 14.8. The number of nitrogens with zero attached hydrogens (tertiary/aromatic N) is 3. The average molecular weight is 642 g/mol. The minimum atomic E-state index is -1.04. The van der Waals surface area contributed by atoms with Crippen LogP contribution in [0.1, 0.15) is 51.9 Å². The lowest BCUT2D eigenvalue weighted by Crippen LogP contribution is -2.58. The van der Waals surface area contributed by atoms with Gasteiger partial charge < -0.3 is 30.3 Å². The summed E-state index contributed by atoms with van der Waals surface area (Å²) in [6.07, 6.45) is 2.91. The van der Waals surface area contributed by atoms with Gasteiger partial charge in [-0.2, -0.15) is 0 Å². The van der Waals surface area contributed by atoms with E-state index in [1.807, 2.05) is 42.3 Å². The zero-order valence-corrected chi connectivity index (χ0v) is 26.3. The molecule has 0 spiro atoms. The van der Waals surface area contributed by atoms with Gasteiger partial charge in [-0.05, 0) is 67.8 Å². The maximum Gasteiger partial charge on any atom is 0.305 e. The average Bonchev–Trinajstić information content (AvgIpc) is 3.60. The number of hydrogen-bond donors (Lipinski definition) is 3. The molecule has 5 rings (SSSR count). The third-order valence-electron chi connectivity index (χ3n) is 7.68. The molecule has 238 valence electrons. The highest BCUT2D eigenvalue weighted by atomic mass is 32.1. The van der Waals surface area contributed by atoms with Crippen molar-refractivity contribution in [1.82, 2.24) is 15.2 Å². The maximum absolute atomic E-state index is 13.4. The van der Waals surface area contributed by atoms with Gasteiger partial charge in [-0.25, -0.2) is 0 Å². The molecule has 12 heteroatoms. The van der Waals surface area contributed by atoms with Crippen LogP contribution in [-0.2, 0) is 9.59 Å². The van der Waals surface area contributed by atoms with E-state index in [2.05, 4.69) is 20.5 Å². The van der Waals surface area contributed by atoms with Crippen molar-refractivity contribution in [2.45, 2.75) is 38.4 Å². The number of carbonyl (C=O) groups is 4. The van der Waals surface area contributed by atoms with E-state index in [9.17, 15) is 24.3 Å². The second-order valence-electron chi connectivity index (χ2n) is 11.1. The fraction of sp³-hybridized carbons (Fsp3) is 0.265. The van der Waals surface area contributed by atoms with Gasteiger partial charge in [0, 0.05) is 48.0 Å². The number of pyridine rings is 1. The van der Waals surface area contributed by atoms with Gasteiger partial charge in [0.15, 0.2) is 6.61 Å². The molecular formula is C34H35N5O6S. The molecule has 3 amide bonds. The van der Waals surface area contributed by atoms with Crippen molar-refractivity contribution in [2.24, 2.45) is 0 Å². The fourth-order valence-electron chi connectivity index (χ4n) is 5.41. The Kier molecular flexibility index (Phi) is 10.3. The number of para-hydroxylation sites is 1.